The Bertz CT molecular complexity index is 258. The van der Waals surface area contributed by atoms with Gasteiger partial charge in [-0.15, -0.1) is 0 Å². The molecule has 0 saturated carbocycles. The average Bonchev–Trinajstić information content (AvgIpc) is 2.27. The second-order valence-corrected chi connectivity index (χ2v) is 4.37. The molecule has 0 aromatic heterocycles. The molecule has 15 heavy (non-hydrogen) atoms. The summed E-state index contributed by atoms with van der Waals surface area (Å²) in [5, 5.41) is 0. The van der Waals surface area contributed by atoms with E-state index < -0.39 is 0 Å². The third kappa shape index (κ3) is 4.96. The molecule has 4 N–H and O–H groups in total. The van der Waals surface area contributed by atoms with Crippen molar-refractivity contribution in [3.05, 3.63) is 35.9 Å². The minimum Gasteiger partial charge on any atom is -0.330 e. The van der Waals surface area contributed by atoms with Crippen LogP contribution in [0.25, 0.3) is 0 Å². The quantitative estimate of drug-likeness (QED) is 0.747. The summed E-state index contributed by atoms with van der Waals surface area (Å²) in [4.78, 5) is 0. The lowest BCUT2D eigenvalue weighted by Crippen LogP contribution is -2.24. The highest BCUT2D eigenvalue weighted by molar-refractivity contribution is 5.15. The summed E-state index contributed by atoms with van der Waals surface area (Å²) in [6, 6.07) is 10.7. The Morgan fingerprint density at radius 3 is 2.40 bits per heavy atom. The van der Waals surface area contributed by atoms with Gasteiger partial charge in [-0.25, -0.2) is 0 Å². The van der Waals surface area contributed by atoms with Gasteiger partial charge in [0, 0.05) is 6.04 Å². The van der Waals surface area contributed by atoms with Crippen LogP contribution in [0.4, 0.5) is 0 Å². The first-order chi connectivity index (χ1) is 7.22. The molecule has 0 radical (unpaired) electrons. The summed E-state index contributed by atoms with van der Waals surface area (Å²) in [7, 11) is 0. The first kappa shape index (κ1) is 12.2. The van der Waals surface area contributed by atoms with E-state index in [-0.39, 0.29) is 6.04 Å². The molecule has 0 spiro atoms. The van der Waals surface area contributed by atoms with E-state index in [1.54, 1.807) is 0 Å². The van der Waals surface area contributed by atoms with Crippen molar-refractivity contribution in [3.8, 4) is 0 Å². The Balaban J connectivity index is 2.27. The third-order valence-corrected chi connectivity index (χ3v) is 2.77. The highest BCUT2D eigenvalue weighted by Gasteiger charge is 2.06. The van der Waals surface area contributed by atoms with Crippen molar-refractivity contribution in [1.29, 1.82) is 0 Å². The monoisotopic (exact) mass is 206 g/mol. The molecule has 1 rings (SSSR count). The fraction of sp³-hybridized carbons (Fsp3) is 0.538. The summed E-state index contributed by atoms with van der Waals surface area (Å²) in [5.74, 6) is 0.590. The SMILES string of the molecule is CC(CN)CCC(N)Cc1ccccc1. The van der Waals surface area contributed by atoms with Crippen LogP contribution in [0.15, 0.2) is 30.3 Å². The van der Waals surface area contributed by atoms with Crippen molar-refractivity contribution >= 4 is 0 Å². The van der Waals surface area contributed by atoms with E-state index in [0.717, 1.165) is 25.8 Å². The van der Waals surface area contributed by atoms with Crippen LogP contribution in [-0.2, 0) is 6.42 Å². The van der Waals surface area contributed by atoms with Crippen molar-refractivity contribution in [2.24, 2.45) is 17.4 Å². The van der Waals surface area contributed by atoms with Gasteiger partial charge in [0.05, 0.1) is 0 Å². The van der Waals surface area contributed by atoms with E-state index in [1.165, 1.54) is 5.56 Å². The Labute approximate surface area is 92.7 Å². The van der Waals surface area contributed by atoms with E-state index >= 15 is 0 Å². The molecule has 1 aromatic carbocycles. The molecule has 2 unspecified atom stereocenters. The molecule has 0 saturated heterocycles. The van der Waals surface area contributed by atoms with Crippen molar-refractivity contribution in [2.45, 2.75) is 32.2 Å². The van der Waals surface area contributed by atoms with Crippen LogP contribution in [0.5, 0.6) is 0 Å². The maximum absolute atomic E-state index is 6.07. The molecule has 0 aliphatic rings. The topological polar surface area (TPSA) is 52.0 Å². The lowest BCUT2D eigenvalue weighted by Gasteiger charge is -2.14. The maximum Gasteiger partial charge on any atom is 0.00794 e. The zero-order valence-electron chi connectivity index (χ0n) is 9.52. The van der Waals surface area contributed by atoms with Crippen LogP contribution in [0.2, 0.25) is 0 Å². The second-order valence-electron chi connectivity index (χ2n) is 4.37. The van der Waals surface area contributed by atoms with E-state index in [1.807, 2.05) is 6.07 Å². The predicted octanol–water partition coefficient (Wildman–Crippen LogP) is 1.93. The highest BCUT2D eigenvalue weighted by Crippen LogP contribution is 2.09. The molecule has 0 aliphatic carbocycles. The van der Waals surface area contributed by atoms with Crippen LogP contribution in [0, 0.1) is 5.92 Å². The molecular weight excluding hydrogens is 184 g/mol. The molecule has 0 amide bonds. The van der Waals surface area contributed by atoms with Gasteiger partial charge in [0.25, 0.3) is 0 Å². The first-order valence-corrected chi connectivity index (χ1v) is 5.72. The van der Waals surface area contributed by atoms with Crippen LogP contribution < -0.4 is 11.5 Å². The zero-order chi connectivity index (χ0) is 11.1. The van der Waals surface area contributed by atoms with Gasteiger partial charge in [0.1, 0.15) is 0 Å². The fourth-order valence-electron chi connectivity index (χ4n) is 1.64. The Morgan fingerprint density at radius 2 is 1.80 bits per heavy atom. The van der Waals surface area contributed by atoms with Gasteiger partial charge >= 0.3 is 0 Å². The van der Waals surface area contributed by atoms with Crippen molar-refractivity contribution in [3.63, 3.8) is 0 Å². The van der Waals surface area contributed by atoms with Gasteiger partial charge in [0.15, 0.2) is 0 Å². The third-order valence-electron chi connectivity index (χ3n) is 2.77. The van der Waals surface area contributed by atoms with Gasteiger partial charge < -0.3 is 11.5 Å². The van der Waals surface area contributed by atoms with E-state index in [0.29, 0.717) is 5.92 Å². The van der Waals surface area contributed by atoms with Crippen LogP contribution in [0.3, 0.4) is 0 Å². The molecule has 0 bridgehead atoms. The number of hydrogen-bond donors (Lipinski definition) is 2. The van der Waals surface area contributed by atoms with Gasteiger partial charge in [-0.1, -0.05) is 37.3 Å². The molecule has 2 atom stereocenters. The van der Waals surface area contributed by atoms with Crippen molar-refractivity contribution in [2.75, 3.05) is 6.54 Å². The lowest BCUT2D eigenvalue weighted by atomic mass is 9.98. The average molecular weight is 206 g/mol. The molecular formula is C13H22N2. The molecule has 84 valence electrons. The first-order valence-electron chi connectivity index (χ1n) is 5.72. The smallest absolute Gasteiger partial charge is 0.00794 e. The van der Waals surface area contributed by atoms with Crippen molar-refractivity contribution < 1.29 is 0 Å². The van der Waals surface area contributed by atoms with Gasteiger partial charge in [0.2, 0.25) is 0 Å². The second kappa shape index (κ2) is 6.59. The summed E-state index contributed by atoms with van der Waals surface area (Å²) in [6.45, 7) is 2.94. The van der Waals surface area contributed by atoms with Crippen LogP contribution in [0.1, 0.15) is 25.3 Å². The summed E-state index contributed by atoms with van der Waals surface area (Å²) in [5.41, 5.74) is 13.0. The zero-order valence-corrected chi connectivity index (χ0v) is 9.52. The fourth-order valence-corrected chi connectivity index (χ4v) is 1.64. The number of hydrogen-bond acceptors (Lipinski definition) is 2. The predicted molar refractivity (Wildman–Crippen MR) is 65.6 cm³/mol. The molecule has 0 heterocycles. The van der Waals surface area contributed by atoms with Crippen LogP contribution >= 0.6 is 0 Å². The summed E-state index contributed by atoms with van der Waals surface area (Å²) in [6.07, 6.45) is 3.16. The number of benzene rings is 1. The van der Waals surface area contributed by atoms with Crippen molar-refractivity contribution in [1.82, 2.24) is 0 Å². The lowest BCUT2D eigenvalue weighted by molar-refractivity contribution is 0.473. The van der Waals surface area contributed by atoms with Gasteiger partial charge in [-0.3, -0.25) is 0 Å². The maximum atomic E-state index is 6.07. The highest BCUT2D eigenvalue weighted by atomic mass is 14.6. The minimum atomic E-state index is 0.265. The van der Waals surface area contributed by atoms with E-state index in [9.17, 15) is 0 Å². The molecule has 2 heteroatoms. The standard InChI is InChI=1S/C13H22N2/c1-11(10-14)7-8-13(15)9-12-5-3-2-4-6-12/h2-6,11,13H,7-10,14-15H2,1H3. The molecule has 0 aliphatic heterocycles. The molecule has 1 aromatic rings. The minimum absolute atomic E-state index is 0.265. The summed E-state index contributed by atoms with van der Waals surface area (Å²) >= 11 is 0. The van der Waals surface area contributed by atoms with Gasteiger partial charge in [-0.05, 0) is 37.3 Å². The Kier molecular flexibility index (Phi) is 5.37. The normalized spacial score (nSPS) is 14.9. The number of nitrogens with two attached hydrogens (primary N) is 2. The van der Waals surface area contributed by atoms with E-state index in [2.05, 4.69) is 31.2 Å². The Hall–Kier alpha value is -0.860. The number of rotatable bonds is 6. The molecule has 0 fully saturated rings. The van der Waals surface area contributed by atoms with Crippen LogP contribution in [-0.4, -0.2) is 12.6 Å². The molecule has 2 nitrogen and oxygen atoms in total. The Morgan fingerprint density at radius 1 is 1.13 bits per heavy atom. The summed E-state index contributed by atoms with van der Waals surface area (Å²) < 4.78 is 0. The largest absolute Gasteiger partial charge is 0.330 e. The van der Waals surface area contributed by atoms with E-state index in [4.69, 9.17) is 11.5 Å². The van der Waals surface area contributed by atoms with Gasteiger partial charge in [-0.2, -0.15) is 0 Å².